The van der Waals surface area contributed by atoms with Gasteiger partial charge in [0, 0.05) is 61.1 Å². The first-order valence-electron chi connectivity index (χ1n) is 23.4. The number of carbonyl (C=O) groups excluding carboxylic acids is 2. The van der Waals surface area contributed by atoms with Crippen molar-refractivity contribution in [1.29, 1.82) is 15.3 Å². The normalized spacial score (nSPS) is 18.8. The van der Waals surface area contributed by atoms with Crippen molar-refractivity contribution < 1.29 is 26.8 Å². The maximum Gasteiger partial charge on any atom is 0.272 e. The molecule has 0 saturated heterocycles. The lowest BCUT2D eigenvalue weighted by Crippen LogP contribution is -2.64. The summed E-state index contributed by atoms with van der Waals surface area (Å²) in [6.07, 6.45) is 10.5. The Labute approximate surface area is 442 Å². The van der Waals surface area contributed by atoms with Gasteiger partial charge >= 0.3 is 0 Å². The van der Waals surface area contributed by atoms with E-state index in [0.717, 1.165) is 22.5 Å². The number of halogens is 2. The minimum atomic E-state index is -3.36. The van der Waals surface area contributed by atoms with E-state index in [4.69, 9.17) is 14.1 Å². The van der Waals surface area contributed by atoms with E-state index in [-0.39, 0.29) is 77.6 Å². The van der Waals surface area contributed by atoms with Crippen LogP contribution in [0, 0.1) is 50.9 Å². The Morgan fingerprint density at radius 2 is 1.09 bits per heavy atom. The maximum atomic E-state index is 15.7. The molecule has 2 aliphatic heterocycles. The second-order valence-corrected chi connectivity index (χ2v) is 27.9. The first-order chi connectivity index (χ1) is 34.4. The molecular weight excluding hydrogens is 1010 g/mol. The number of carbonyl (C=O) groups is 2. The zero-order chi connectivity index (χ0) is 53.2. The summed E-state index contributed by atoms with van der Waals surface area (Å²) in [5.41, 5.74) is 1.59. The number of hydrogen-bond donors (Lipinski definition) is 5. The summed E-state index contributed by atoms with van der Waals surface area (Å²) in [5, 5.41) is 25.3. The van der Waals surface area contributed by atoms with Crippen molar-refractivity contribution in [2.24, 2.45) is 30.0 Å². The molecule has 2 amide bonds. The number of amides is 2. The Balaban J connectivity index is 0.000000299. The standard InChI is InChI=1S/C35H38FN5O2SSi.C19H20FN5O2S.2CH4/c1-24(2)31-20-18-29-32(23-41(6)33(29)34(42)38-26-17-19-30(36)25(21-26)22-37)44(43,39-31)40-45(35(3,4)5,27-13-9-7-10-14-27)28-15-11-8-12-16-28;1-11(2)16-7-5-14-17(28(22,27)24-16)10-25(3)18(14)19(26)23-13-4-6-15(20)12(8-13)9-21;;/h7-21,23-24,31H,1-6H3,(H,38,42)(H,39,40,43);4-8,10-11,16H,1-3H3,(H,23,26)(H2,22,24,27);2*1H4/t31-,44?;16-,28?;;/m11../s1. The summed E-state index contributed by atoms with van der Waals surface area (Å²) < 4.78 is 79.4. The van der Waals surface area contributed by atoms with Crippen LogP contribution >= 0.6 is 0 Å². The minimum Gasteiger partial charge on any atom is -0.345 e. The minimum absolute atomic E-state index is 0. The van der Waals surface area contributed by atoms with Crippen LogP contribution in [0.5, 0.6) is 0 Å². The molecular formula is C56H66F2N10O4S2Si. The monoisotopic (exact) mass is 1070 g/mol. The fraction of sp³-hybridized carbons (Fsp3) is 0.286. The average Bonchev–Trinajstić information content (AvgIpc) is 3.79. The van der Waals surface area contributed by atoms with E-state index in [1.807, 2.05) is 62.4 Å². The molecule has 4 aromatic carbocycles. The number of nitriles is 2. The van der Waals surface area contributed by atoms with Gasteiger partial charge in [-0.25, -0.2) is 35.5 Å². The van der Waals surface area contributed by atoms with E-state index >= 15 is 4.21 Å². The molecule has 0 radical (unpaired) electrons. The Kier molecular flexibility index (Phi) is 18.1. The number of nitrogens with zero attached hydrogens (tertiary/aromatic N) is 5. The lowest BCUT2D eigenvalue weighted by atomic mass is 10.0. The van der Waals surface area contributed by atoms with Crippen LogP contribution in [0.1, 0.15) is 107 Å². The Morgan fingerprint density at radius 3 is 1.49 bits per heavy atom. The fourth-order valence-corrected chi connectivity index (χ4v) is 19.7. The van der Waals surface area contributed by atoms with Gasteiger partial charge < -0.3 is 19.8 Å². The van der Waals surface area contributed by atoms with Crippen LogP contribution in [0.3, 0.4) is 0 Å². The number of anilines is 2. The predicted octanol–water partition coefficient (Wildman–Crippen LogP) is 10.8. The topological polar surface area (TPSA) is 210 Å². The zero-order valence-electron chi connectivity index (χ0n) is 42.0. The average molecular weight is 1070 g/mol. The summed E-state index contributed by atoms with van der Waals surface area (Å²) in [7, 11) is -6.51. The van der Waals surface area contributed by atoms with Crippen molar-refractivity contribution in [2.75, 3.05) is 10.6 Å². The summed E-state index contributed by atoms with van der Waals surface area (Å²) in [6, 6.07) is 30.8. The molecule has 0 aliphatic carbocycles. The zero-order valence-corrected chi connectivity index (χ0v) is 44.6. The smallest absolute Gasteiger partial charge is 0.272 e. The third-order valence-electron chi connectivity index (χ3n) is 12.8. The van der Waals surface area contributed by atoms with E-state index < -0.39 is 56.6 Å². The number of aromatic nitrogens is 2. The van der Waals surface area contributed by atoms with E-state index in [1.165, 1.54) is 35.0 Å². The summed E-state index contributed by atoms with van der Waals surface area (Å²) in [4.78, 5) is 27.3. The van der Waals surface area contributed by atoms with E-state index in [2.05, 4.69) is 79.0 Å². The summed E-state index contributed by atoms with van der Waals surface area (Å²) in [6.45, 7) is 14.5. The third-order valence-corrected chi connectivity index (χ3v) is 22.5. The number of rotatable bonds is 9. The van der Waals surface area contributed by atoms with E-state index in [1.54, 1.807) is 49.1 Å². The molecule has 8 rings (SSSR count). The van der Waals surface area contributed by atoms with Gasteiger partial charge in [-0.05, 0) is 63.6 Å². The van der Waals surface area contributed by atoms with Crippen LogP contribution < -0.4 is 30.5 Å². The molecule has 75 heavy (non-hydrogen) atoms. The number of aryl methyl sites for hydroxylation is 2. The molecule has 5 N–H and O–H groups in total. The van der Waals surface area contributed by atoms with Gasteiger partial charge in [-0.15, -0.1) is 0 Å². The Bertz CT molecular complexity index is 3470. The molecule has 2 unspecified atom stereocenters. The van der Waals surface area contributed by atoms with Crippen molar-refractivity contribution in [3.05, 3.63) is 167 Å². The highest BCUT2D eigenvalue weighted by molar-refractivity contribution is 7.93. The van der Waals surface area contributed by atoms with Crippen molar-refractivity contribution >= 4 is 73.8 Å². The van der Waals surface area contributed by atoms with Crippen molar-refractivity contribution in [1.82, 2.24) is 18.6 Å². The molecule has 0 fully saturated rings. The molecule has 394 valence electrons. The molecule has 14 nitrogen and oxygen atoms in total. The second kappa shape index (κ2) is 23.1. The SMILES string of the molecule is C.C.CC(C)[C@H]1C=Cc2c(cn(C)c2C(=O)Nc2ccc(F)c(C#N)c2)S(=N)(=O)N1.CC(C)[C@H]1C=Cc2c(cn(C)c2C(=O)Nc2ccc(F)c(C#N)c2)S(=O)(=N[Si](c2ccccc2)(c2ccccc2)C(C)(C)C)N1. The predicted molar refractivity (Wildman–Crippen MR) is 300 cm³/mol. The molecule has 0 bridgehead atoms. The highest BCUT2D eigenvalue weighted by atomic mass is 32.2. The number of benzene rings is 4. The molecule has 0 saturated carbocycles. The van der Waals surface area contributed by atoms with E-state index in [0.29, 0.717) is 16.0 Å². The highest BCUT2D eigenvalue weighted by Crippen LogP contribution is 2.40. The van der Waals surface area contributed by atoms with Gasteiger partial charge in [0.05, 0.1) is 20.9 Å². The Morgan fingerprint density at radius 1 is 0.693 bits per heavy atom. The van der Waals surface area contributed by atoms with Gasteiger partial charge in [-0.1, -0.05) is 148 Å². The van der Waals surface area contributed by atoms with Crippen molar-refractivity contribution in [3.63, 3.8) is 0 Å². The van der Waals surface area contributed by atoms with Gasteiger partial charge in [-0.3, -0.25) is 9.59 Å². The molecule has 2 aliphatic rings. The number of nitrogens with one attached hydrogen (secondary N) is 5. The molecule has 0 spiro atoms. The molecule has 4 heterocycles. The number of fused-ring (bicyclic) bond motifs is 2. The first-order valence-corrected chi connectivity index (χ1v) is 28.5. The van der Waals surface area contributed by atoms with Crippen LogP contribution in [0.15, 0.2) is 135 Å². The van der Waals surface area contributed by atoms with Gasteiger partial charge in [0.15, 0.2) is 0 Å². The lowest BCUT2D eigenvalue weighted by molar-refractivity contribution is 0.101. The van der Waals surface area contributed by atoms with Gasteiger partial charge in [0.25, 0.3) is 20.0 Å². The summed E-state index contributed by atoms with van der Waals surface area (Å²) >= 11 is 0. The van der Waals surface area contributed by atoms with Crippen molar-refractivity contribution in [2.45, 2.75) is 90.2 Å². The second-order valence-electron chi connectivity index (χ2n) is 19.6. The van der Waals surface area contributed by atoms with Crippen LogP contribution in [-0.4, -0.2) is 49.7 Å². The van der Waals surface area contributed by atoms with Crippen LogP contribution in [0.4, 0.5) is 20.2 Å². The van der Waals surface area contributed by atoms with Crippen LogP contribution in [-0.2, 0) is 33.9 Å². The number of hydrogen-bond acceptors (Lipinski definition) is 8. The fourth-order valence-electron chi connectivity index (χ4n) is 8.93. The maximum absolute atomic E-state index is 15.7. The Hall–Kier alpha value is -7.26. The van der Waals surface area contributed by atoms with Crippen LogP contribution in [0.2, 0.25) is 5.04 Å². The molecule has 19 heteroatoms. The molecule has 6 aromatic rings. The molecule has 2 aromatic heterocycles. The first kappa shape index (κ1) is 58.6. The van der Waals surface area contributed by atoms with Gasteiger partial charge in [0.2, 0.25) is 0 Å². The van der Waals surface area contributed by atoms with Gasteiger partial charge in [-0.2, -0.15) is 10.5 Å². The summed E-state index contributed by atoms with van der Waals surface area (Å²) in [5.74, 6) is -2.13. The molecule has 4 atom stereocenters. The quantitative estimate of drug-likeness (QED) is 0.0889. The van der Waals surface area contributed by atoms with Crippen LogP contribution in [0.25, 0.3) is 12.2 Å². The lowest BCUT2D eigenvalue weighted by Gasteiger charge is -2.40. The van der Waals surface area contributed by atoms with Gasteiger partial charge in [0.1, 0.15) is 55.0 Å². The third kappa shape index (κ3) is 11.8. The van der Waals surface area contributed by atoms with Crippen molar-refractivity contribution in [3.8, 4) is 12.1 Å². The largest absolute Gasteiger partial charge is 0.345 e. The highest BCUT2D eigenvalue weighted by Gasteiger charge is 2.51. The van der Waals surface area contributed by atoms with E-state index in [9.17, 15) is 27.8 Å².